The zero-order valence-electron chi connectivity index (χ0n) is 11.0. The molecular weight excluding hydrogens is 280 g/mol. The Labute approximate surface area is 122 Å². The molecule has 5 nitrogen and oxygen atoms in total. The predicted octanol–water partition coefficient (Wildman–Crippen LogP) is 2.05. The Morgan fingerprint density at radius 1 is 1.35 bits per heavy atom. The van der Waals surface area contributed by atoms with Crippen LogP contribution >= 0.6 is 11.6 Å². The van der Waals surface area contributed by atoms with E-state index in [-0.39, 0.29) is 17.8 Å². The fourth-order valence-corrected chi connectivity index (χ4v) is 2.22. The van der Waals surface area contributed by atoms with Crippen molar-refractivity contribution in [1.29, 1.82) is 0 Å². The molecule has 1 aromatic carbocycles. The number of nitrogens with one attached hydrogen (secondary N) is 1. The molecule has 20 heavy (non-hydrogen) atoms. The number of hydrogen-bond donors (Lipinski definition) is 2. The Kier molecular flexibility index (Phi) is 4.84. The monoisotopic (exact) mass is 296 g/mol. The van der Waals surface area contributed by atoms with Gasteiger partial charge < -0.3 is 15.8 Å². The summed E-state index contributed by atoms with van der Waals surface area (Å²) in [6.07, 6.45) is 1.38. The zero-order valence-corrected chi connectivity index (χ0v) is 11.7. The van der Waals surface area contributed by atoms with Crippen LogP contribution in [-0.2, 0) is 9.53 Å². The standard InChI is InChI=1S/C14H17ClN2O3/c15-10-4-2-9(3-5-10)11-8-12(11)13(18)20-7-1-6-17-14(16)19/h2-5,11-12H,1,6-8H2,(H3,16,17,19). The summed E-state index contributed by atoms with van der Waals surface area (Å²) in [5, 5.41) is 3.13. The number of carbonyl (C=O) groups is 2. The van der Waals surface area contributed by atoms with E-state index in [9.17, 15) is 9.59 Å². The third-order valence-corrected chi connectivity index (χ3v) is 3.51. The zero-order chi connectivity index (χ0) is 14.5. The van der Waals surface area contributed by atoms with Crippen molar-refractivity contribution in [3.05, 3.63) is 34.9 Å². The average Bonchev–Trinajstić information content (AvgIpc) is 3.19. The molecule has 108 valence electrons. The Hall–Kier alpha value is -1.75. The maximum atomic E-state index is 11.8. The van der Waals surface area contributed by atoms with Gasteiger partial charge in [0.15, 0.2) is 0 Å². The Morgan fingerprint density at radius 2 is 2.05 bits per heavy atom. The van der Waals surface area contributed by atoms with Crippen molar-refractivity contribution in [3.8, 4) is 0 Å². The summed E-state index contributed by atoms with van der Waals surface area (Å²) in [4.78, 5) is 22.2. The summed E-state index contributed by atoms with van der Waals surface area (Å²) in [7, 11) is 0. The van der Waals surface area contributed by atoms with E-state index < -0.39 is 6.03 Å². The quantitative estimate of drug-likeness (QED) is 0.622. The number of nitrogens with two attached hydrogens (primary N) is 1. The SMILES string of the molecule is NC(=O)NCCCOC(=O)C1CC1c1ccc(Cl)cc1. The second-order valence-electron chi connectivity index (χ2n) is 4.81. The van der Waals surface area contributed by atoms with E-state index in [0.717, 1.165) is 12.0 Å². The van der Waals surface area contributed by atoms with Crippen molar-refractivity contribution < 1.29 is 14.3 Å². The molecular formula is C14H17ClN2O3. The van der Waals surface area contributed by atoms with Gasteiger partial charge in [-0.25, -0.2) is 4.79 Å². The van der Waals surface area contributed by atoms with Gasteiger partial charge in [-0.2, -0.15) is 0 Å². The molecule has 6 heteroatoms. The first-order chi connectivity index (χ1) is 9.58. The first kappa shape index (κ1) is 14.7. The van der Waals surface area contributed by atoms with Crippen molar-refractivity contribution in [1.82, 2.24) is 5.32 Å². The molecule has 3 N–H and O–H groups in total. The van der Waals surface area contributed by atoms with Gasteiger partial charge in [0.25, 0.3) is 0 Å². The van der Waals surface area contributed by atoms with Gasteiger partial charge in [0.05, 0.1) is 12.5 Å². The van der Waals surface area contributed by atoms with E-state index in [4.69, 9.17) is 22.1 Å². The maximum absolute atomic E-state index is 11.8. The van der Waals surface area contributed by atoms with Crippen molar-refractivity contribution >= 4 is 23.6 Å². The second-order valence-corrected chi connectivity index (χ2v) is 5.25. The number of esters is 1. The highest BCUT2D eigenvalue weighted by atomic mass is 35.5. The molecule has 0 heterocycles. The summed E-state index contributed by atoms with van der Waals surface area (Å²) >= 11 is 5.83. The number of benzene rings is 1. The van der Waals surface area contributed by atoms with Gasteiger partial charge in [-0.1, -0.05) is 23.7 Å². The molecule has 0 aliphatic heterocycles. The van der Waals surface area contributed by atoms with Gasteiger partial charge in [-0.3, -0.25) is 4.79 Å². The van der Waals surface area contributed by atoms with E-state index in [1.54, 1.807) is 0 Å². The van der Waals surface area contributed by atoms with Gasteiger partial charge in [0.1, 0.15) is 0 Å². The highest BCUT2D eigenvalue weighted by molar-refractivity contribution is 6.30. The predicted molar refractivity (Wildman–Crippen MR) is 75.5 cm³/mol. The first-order valence-electron chi connectivity index (χ1n) is 6.53. The second kappa shape index (κ2) is 6.61. The van der Waals surface area contributed by atoms with E-state index >= 15 is 0 Å². The highest BCUT2D eigenvalue weighted by Gasteiger charge is 2.45. The Bertz CT molecular complexity index is 490. The molecule has 1 aromatic rings. The number of amides is 2. The molecule has 0 bridgehead atoms. The number of rotatable bonds is 6. The topological polar surface area (TPSA) is 81.4 Å². The third kappa shape index (κ3) is 4.13. The summed E-state index contributed by atoms with van der Waals surface area (Å²) in [5.74, 6) is 0.00723. The van der Waals surface area contributed by atoms with Crippen LogP contribution in [0.5, 0.6) is 0 Å². The molecule has 2 rings (SSSR count). The van der Waals surface area contributed by atoms with Gasteiger partial charge in [-0.05, 0) is 36.5 Å². The number of ether oxygens (including phenoxy) is 1. The maximum Gasteiger partial charge on any atom is 0.312 e. The van der Waals surface area contributed by atoms with E-state index in [0.29, 0.717) is 24.6 Å². The number of carbonyl (C=O) groups excluding carboxylic acids is 2. The minimum Gasteiger partial charge on any atom is -0.465 e. The first-order valence-corrected chi connectivity index (χ1v) is 6.91. The van der Waals surface area contributed by atoms with Gasteiger partial charge in [-0.15, -0.1) is 0 Å². The van der Waals surface area contributed by atoms with Crippen LogP contribution in [0.2, 0.25) is 5.02 Å². The number of primary amides is 1. The largest absolute Gasteiger partial charge is 0.465 e. The van der Waals surface area contributed by atoms with Crippen molar-refractivity contribution in [2.75, 3.05) is 13.2 Å². The van der Waals surface area contributed by atoms with Crippen molar-refractivity contribution in [2.45, 2.75) is 18.8 Å². The molecule has 1 aliphatic carbocycles. The van der Waals surface area contributed by atoms with Crippen LogP contribution in [0.4, 0.5) is 4.79 Å². The number of hydrogen-bond acceptors (Lipinski definition) is 3. The summed E-state index contributed by atoms with van der Waals surface area (Å²) in [5.41, 5.74) is 6.04. The smallest absolute Gasteiger partial charge is 0.312 e. The van der Waals surface area contributed by atoms with Crippen LogP contribution in [0.1, 0.15) is 24.3 Å². The van der Waals surface area contributed by atoms with Crippen molar-refractivity contribution in [2.24, 2.45) is 11.7 Å². The van der Waals surface area contributed by atoms with Crippen LogP contribution in [0.25, 0.3) is 0 Å². The van der Waals surface area contributed by atoms with Crippen LogP contribution in [0.3, 0.4) is 0 Å². The third-order valence-electron chi connectivity index (χ3n) is 3.26. The minimum absolute atomic E-state index is 0.0553. The average molecular weight is 297 g/mol. The van der Waals surface area contributed by atoms with Crippen LogP contribution in [-0.4, -0.2) is 25.2 Å². The lowest BCUT2D eigenvalue weighted by Crippen LogP contribution is -2.30. The Morgan fingerprint density at radius 3 is 2.70 bits per heavy atom. The van der Waals surface area contributed by atoms with Gasteiger partial charge in [0.2, 0.25) is 0 Å². The Balaban J connectivity index is 1.68. The number of urea groups is 1. The fraction of sp³-hybridized carbons (Fsp3) is 0.429. The summed E-state index contributed by atoms with van der Waals surface area (Å²) in [6, 6.07) is 6.97. The molecule has 1 aliphatic rings. The number of halogens is 1. The van der Waals surface area contributed by atoms with Crippen LogP contribution in [0, 0.1) is 5.92 Å². The van der Waals surface area contributed by atoms with E-state index in [1.165, 1.54) is 0 Å². The molecule has 0 radical (unpaired) electrons. The highest BCUT2D eigenvalue weighted by Crippen LogP contribution is 2.48. The lowest BCUT2D eigenvalue weighted by Gasteiger charge is -2.05. The summed E-state index contributed by atoms with van der Waals surface area (Å²) in [6.45, 7) is 0.705. The van der Waals surface area contributed by atoms with E-state index in [1.807, 2.05) is 24.3 Å². The van der Waals surface area contributed by atoms with Crippen molar-refractivity contribution in [3.63, 3.8) is 0 Å². The fourth-order valence-electron chi connectivity index (χ4n) is 2.10. The molecule has 0 aromatic heterocycles. The molecule has 1 saturated carbocycles. The molecule has 2 unspecified atom stereocenters. The molecule has 2 atom stereocenters. The summed E-state index contributed by atoms with van der Waals surface area (Å²) < 4.78 is 5.17. The lowest BCUT2D eigenvalue weighted by molar-refractivity contribution is -0.145. The molecule has 0 spiro atoms. The lowest BCUT2D eigenvalue weighted by atomic mass is 10.1. The van der Waals surface area contributed by atoms with Gasteiger partial charge >= 0.3 is 12.0 Å². The molecule has 1 fully saturated rings. The molecule has 0 saturated heterocycles. The van der Waals surface area contributed by atoms with Crippen LogP contribution in [0.15, 0.2) is 24.3 Å². The van der Waals surface area contributed by atoms with Crippen LogP contribution < -0.4 is 11.1 Å². The van der Waals surface area contributed by atoms with E-state index in [2.05, 4.69) is 5.32 Å². The molecule has 2 amide bonds. The minimum atomic E-state index is -0.568. The normalized spacial score (nSPS) is 20.2. The van der Waals surface area contributed by atoms with Gasteiger partial charge in [0, 0.05) is 11.6 Å².